The second kappa shape index (κ2) is 9.13. The number of carboxylic acids is 1. The Kier molecular flexibility index (Phi) is 7.50. The van der Waals surface area contributed by atoms with Crippen LogP contribution >= 0.6 is 0 Å². The standard InChI is InChI=1S/C15H21NO10/c1-6(17)16-12(14(21)22)11-13(25-8(3)19)10(24-7(2)18)5-23-15(11)26-9(4)20/h10-13,15H,5H2,1-4H3,(H,16,17)(H,21,22)/t10-,11-,12+,13+,15+/m1/s1. The van der Waals surface area contributed by atoms with Crippen LogP contribution in [-0.2, 0) is 42.9 Å². The Morgan fingerprint density at radius 2 is 1.50 bits per heavy atom. The van der Waals surface area contributed by atoms with Crippen LogP contribution in [0.2, 0.25) is 0 Å². The fourth-order valence-corrected chi connectivity index (χ4v) is 2.62. The Bertz CT molecular complexity index is 589. The highest BCUT2D eigenvalue weighted by Crippen LogP contribution is 2.30. The zero-order valence-electron chi connectivity index (χ0n) is 14.7. The molecule has 146 valence electrons. The van der Waals surface area contributed by atoms with Gasteiger partial charge in [0.05, 0.1) is 12.5 Å². The summed E-state index contributed by atoms with van der Waals surface area (Å²) < 4.78 is 20.5. The van der Waals surface area contributed by atoms with Gasteiger partial charge in [-0.1, -0.05) is 0 Å². The first kappa shape index (κ1) is 21.4. The molecule has 0 aromatic rings. The average Bonchev–Trinajstić information content (AvgIpc) is 2.46. The lowest BCUT2D eigenvalue weighted by atomic mass is 9.87. The van der Waals surface area contributed by atoms with Crippen molar-refractivity contribution in [1.29, 1.82) is 0 Å². The number of aliphatic carboxylic acids is 1. The number of rotatable bonds is 6. The van der Waals surface area contributed by atoms with Crippen LogP contribution < -0.4 is 5.32 Å². The highest BCUT2D eigenvalue weighted by atomic mass is 16.7. The number of hydrogen-bond acceptors (Lipinski definition) is 9. The van der Waals surface area contributed by atoms with E-state index in [1.165, 1.54) is 0 Å². The first-order valence-corrected chi connectivity index (χ1v) is 7.66. The van der Waals surface area contributed by atoms with Crippen LogP contribution in [0.1, 0.15) is 27.7 Å². The van der Waals surface area contributed by atoms with Gasteiger partial charge in [-0.05, 0) is 0 Å². The predicted octanol–water partition coefficient (Wildman–Crippen LogP) is -1.03. The van der Waals surface area contributed by atoms with E-state index >= 15 is 0 Å². The van der Waals surface area contributed by atoms with Crippen LogP contribution in [0, 0.1) is 5.92 Å². The predicted molar refractivity (Wildman–Crippen MR) is 81.3 cm³/mol. The fraction of sp³-hybridized carbons (Fsp3) is 0.667. The normalized spacial score (nSPS) is 26.2. The van der Waals surface area contributed by atoms with E-state index in [0.29, 0.717) is 0 Å². The van der Waals surface area contributed by atoms with Crippen molar-refractivity contribution in [3.05, 3.63) is 0 Å². The summed E-state index contributed by atoms with van der Waals surface area (Å²) in [5, 5.41) is 11.7. The molecule has 0 saturated carbocycles. The van der Waals surface area contributed by atoms with E-state index < -0.39 is 60.2 Å². The smallest absolute Gasteiger partial charge is 0.326 e. The topological polar surface area (TPSA) is 155 Å². The maximum atomic E-state index is 11.7. The van der Waals surface area contributed by atoms with Crippen molar-refractivity contribution in [1.82, 2.24) is 5.32 Å². The Morgan fingerprint density at radius 1 is 0.962 bits per heavy atom. The van der Waals surface area contributed by atoms with E-state index in [2.05, 4.69) is 5.32 Å². The average molecular weight is 375 g/mol. The molecule has 0 aromatic carbocycles. The van der Waals surface area contributed by atoms with Crippen molar-refractivity contribution in [2.24, 2.45) is 5.92 Å². The molecule has 1 fully saturated rings. The summed E-state index contributed by atoms with van der Waals surface area (Å²) in [4.78, 5) is 57.2. The van der Waals surface area contributed by atoms with Crippen LogP contribution in [0.15, 0.2) is 0 Å². The first-order chi connectivity index (χ1) is 12.0. The third-order valence-electron chi connectivity index (χ3n) is 3.40. The summed E-state index contributed by atoms with van der Waals surface area (Å²) in [5.74, 6) is -5.80. The molecule has 1 amide bonds. The minimum absolute atomic E-state index is 0.307. The van der Waals surface area contributed by atoms with E-state index in [9.17, 15) is 29.1 Å². The SMILES string of the molecule is CC(=O)N[C@H](C(=O)O)[C@H]1[C@H](OC(C)=O)OC[C@@H](OC(C)=O)[C@@H]1OC(C)=O. The van der Waals surface area contributed by atoms with Gasteiger partial charge in [0.1, 0.15) is 6.04 Å². The van der Waals surface area contributed by atoms with Crippen LogP contribution in [-0.4, -0.2) is 66.0 Å². The van der Waals surface area contributed by atoms with Gasteiger partial charge in [0.25, 0.3) is 0 Å². The van der Waals surface area contributed by atoms with Gasteiger partial charge in [-0.3, -0.25) is 19.2 Å². The van der Waals surface area contributed by atoms with Gasteiger partial charge in [0, 0.05) is 27.7 Å². The molecule has 0 aliphatic carbocycles. The number of amides is 1. The summed E-state index contributed by atoms with van der Waals surface area (Å²) in [6.45, 7) is 4.05. The molecule has 1 heterocycles. The second-order valence-electron chi connectivity index (χ2n) is 5.63. The summed E-state index contributed by atoms with van der Waals surface area (Å²) >= 11 is 0. The lowest BCUT2D eigenvalue weighted by Crippen LogP contribution is -2.62. The summed E-state index contributed by atoms with van der Waals surface area (Å²) in [6, 6.07) is -1.64. The number of nitrogens with one attached hydrogen (secondary N) is 1. The molecule has 1 aliphatic rings. The van der Waals surface area contributed by atoms with Crippen LogP contribution in [0.5, 0.6) is 0 Å². The highest BCUT2D eigenvalue weighted by molar-refractivity contribution is 5.82. The molecule has 11 nitrogen and oxygen atoms in total. The zero-order chi connectivity index (χ0) is 20.0. The molecule has 1 rings (SSSR count). The van der Waals surface area contributed by atoms with Crippen molar-refractivity contribution in [2.75, 3.05) is 6.61 Å². The Morgan fingerprint density at radius 3 is 1.92 bits per heavy atom. The van der Waals surface area contributed by atoms with Crippen molar-refractivity contribution >= 4 is 29.8 Å². The Hall–Kier alpha value is -2.69. The van der Waals surface area contributed by atoms with E-state index in [0.717, 1.165) is 27.7 Å². The minimum Gasteiger partial charge on any atom is -0.480 e. The number of hydrogen-bond donors (Lipinski definition) is 2. The molecular formula is C15H21NO10. The van der Waals surface area contributed by atoms with Gasteiger partial charge in [-0.2, -0.15) is 0 Å². The van der Waals surface area contributed by atoms with E-state index in [1.54, 1.807) is 0 Å². The number of carbonyl (C=O) groups excluding carboxylic acids is 4. The number of ether oxygens (including phenoxy) is 4. The Balaban J connectivity index is 3.33. The minimum atomic E-state index is -1.64. The first-order valence-electron chi connectivity index (χ1n) is 7.66. The highest BCUT2D eigenvalue weighted by Gasteiger charge is 2.52. The second-order valence-corrected chi connectivity index (χ2v) is 5.63. The lowest BCUT2D eigenvalue weighted by molar-refractivity contribution is -0.257. The van der Waals surface area contributed by atoms with Crippen molar-refractivity contribution < 1.29 is 48.0 Å². The monoisotopic (exact) mass is 375 g/mol. The molecule has 0 bridgehead atoms. The van der Waals surface area contributed by atoms with Gasteiger partial charge in [0.15, 0.2) is 12.2 Å². The third-order valence-corrected chi connectivity index (χ3v) is 3.40. The molecule has 26 heavy (non-hydrogen) atoms. The quantitative estimate of drug-likeness (QED) is 0.435. The van der Waals surface area contributed by atoms with Crippen LogP contribution in [0.25, 0.3) is 0 Å². The molecule has 0 spiro atoms. The number of esters is 3. The number of carbonyl (C=O) groups is 5. The van der Waals surface area contributed by atoms with Crippen molar-refractivity contribution in [2.45, 2.75) is 52.2 Å². The summed E-state index contributed by atoms with van der Waals surface area (Å²) in [5.41, 5.74) is 0. The zero-order valence-corrected chi connectivity index (χ0v) is 14.7. The van der Waals surface area contributed by atoms with Crippen molar-refractivity contribution in [3.63, 3.8) is 0 Å². The maximum absolute atomic E-state index is 11.7. The molecule has 0 unspecified atom stereocenters. The van der Waals surface area contributed by atoms with Crippen LogP contribution in [0.4, 0.5) is 0 Å². The molecule has 1 saturated heterocycles. The largest absolute Gasteiger partial charge is 0.480 e. The van der Waals surface area contributed by atoms with E-state index in [4.69, 9.17) is 18.9 Å². The molecule has 5 atom stereocenters. The van der Waals surface area contributed by atoms with Gasteiger partial charge >= 0.3 is 23.9 Å². The summed E-state index contributed by atoms with van der Waals surface area (Å²) in [7, 11) is 0. The third kappa shape index (κ3) is 5.99. The van der Waals surface area contributed by atoms with E-state index in [1.807, 2.05) is 0 Å². The fourth-order valence-electron chi connectivity index (χ4n) is 2.62. The van der Waals surface area contributed by atoms with E-state index in [-0.39, 0.29) is 6.61 Å². The van der Waals surface area contributed by atoms with Crippen LogP contribution in [0.3, 0.4) is 0 Å². The molecule has 0 radical (unpaired) electrons. The van der Waals surface area contributed by atoms with Crippen molar-refractivity contribution in [3.8, 4) is 0 Å². The van der Waals surface area contributed by atoms with Gasteiger partial charge < -0.3 is 29.4 Å². The molecular weight excluding hydrogens is 354 g/mol. The molecule has 11 heteroatoms. The van der Waals surface area contributed by atoms with Gasteiger partial charge in [-0.15, -0.1) is 0 Å². The molecule has 2 N–H and O–H groups in total. The van der Waals surface area contributed by atoms with Gasteiger partial charge in [-0.25, -0.2) is 4.79 Å². The molecule has 1 aliphatic heterocycles. The summed E-state index contributed by atoms with van der Waals surface area (Å²) in [6.07, 6.45) is -3.93. The Labute approximate surface area is 148 Å². The van der Waals surface area contributed by atoms with Gasteiger partial charge in [0.2, 0.25) is 12.2 Å². The lowest BCUT2D eigenvalue weighted by Gasteiger charge is -2.42. The number of carboxylic acid groups (broad SMARTS) is 1. The molecule has 0 aromatic heterocycles. The maximum Gasteiger partial charge on any atom is 0.326 e.